The molecule has 0 aromatic carbocycles. The molecule has 1 rings (SSSR count). The Labute approximate surface area is 127 Å². The van der Waals surface area contributed by atoms with Crippen LogP contribution in [0.1, 0.15) is 27.7 Å². The lowest BCUT2D eigenvalue weighted by Gasteiger charge is -2.42. The molecule has 22 heavy (non-hydrogen) atoms. The second kappa shape index (κ2) is 7.74. The van der Waals surface area contributed by atoms with Gasteiger partial charge in [-0.15, -0.1) is 0 Å². The second-order valence-electron chi connectivity index (χ2n) is 4.79. The van der Waals surface area contributed by atoms with Crippen molar-refractivity contribution in [3.63, 3.8) is 0 Å². The van der Waals surface area contributed by atoms with E-state index in [1.54, 1.807) is 6.92 Å². The summed E-state index contributed by atoms with van der Waals surface area (Å²) in [5.41, 5.74) is 0. The molecule has 0 amide bonds. The number of rotatable bonds is 4. The lowest BCUT2D eigenvalue weighted by atomic mass is 9.95. The van der Waals surface area contributed by atoms with Crippen LogP contribution in [0.5, 0.6) is 0 Å². The Balaban J connectivity index is 3.15. The van der Waals surface area contributed by atoms with Crippen LogP contribution < -0.4 is 0 Å². The van der Waals surface area contributed by atoms with E-state index in [-0.39, 0.29) is 0 Å². The molecule has 1 heterocycles. The molecular formula is C13H19NO8. The van der Waals surface area contributed by atoms with Gasteiger partial charge in [-0.1, -0.05) is 5.16 Å². The highest BCUT2D eigenvalue weighted by Crippen LogP contribution is 2.28. The second-order valence-corrected chi connectivity index (χ2v) is 4.79. The Morgan fingerprint density at radius 3 is 1.86 bits per heavy atom. The van der Waals surface area contributed by atoms with Crippen LogP contribution in [0, 0.1) is 0 Å². The van der Waals surface area contributed by atoms with Crippen LogP contribution in [0.25, 0.3) is 0 Å². The zero-order valence-corrected chi connectivity index (χ0v) is 12.7. The van der Waals surface area contributed by atoms with Crippen LogP contribution in [0.2, 0.25) is 0 Å². The third-order valence-corrected chi connectivity index (χ3v) is 2.93. The average molecular weight is 317 g/mol. The van der Waals surface area contributed by atoms with Crippen LogP contribution >= 0.6 is 0 Å². The predicted molar refractivity (Wildman–Crippen MR) is 71.3 cm³/mol. The monoisotopic (exact) mass is 317 g/mol. The number of ether oxygens (including phenoxy) is 4. The minimum atomic E-state index is -1.11. The quantitative estimate of drug-likeness (QED) is 0.253. The molecule has 1 aliphatic heterocycles. The van der Waals surface area contributed by atoms with Gasteiger partial charge in [-0.25, -0.2) is 0 Å². The van der Waals surface area contributed by atoms with Crippen molar-refractivity contribution in [1.82, 2.24) is 0 Å². The van der Waals surface area contributed by atoms with Gasteiger partial charge in [0.05, 0.1) is 12.3 Å². The van der Waals surface area contributed by atoms with E-state index >= 15 is 0 Å². The van der Waals surface area contributed by atoms with Crippen molar-refractivity contribution in [2.24, 2.45) is 5.16 Å². The smallest absolute Gasteiger partial charge is 0.303 e. The zero-order valence-electron chi connectivity index (χ0n) is 12.7. The van der Waals surface area contributed by atoms with E-state index in [2.05, 4.69) is 5.16 Å². The highest BCUT2D eigenvalue weighted by molar-refractivity contribution is 5.70. The molecule has 0 aromatic rings. The Hall–Kier alpha value is -2.16. The van der Waals surface area contributed by atoms with Gasteiger partial charge in [-0.3, -0.25) is 14.4 Å². The molecule has 9 heteroatoms. The van der Waals surface area contributed by atoms with Gasteiger partial charge in [0.15, 0.2) is 18.3 Å². The third-order valence-electron chi connectivity index (χ3n) is 2.93. The molecule has 1 N–H and O–H groups in total. The summed E-state index contributed by atoms with van der Waals surface area (Å²) in [6, 6.07) is 0. The summed E-state index contributed by atoms with van der Waals surface area (Å²) < 4.78 is 20.9. The van der Waals surface area contributed by atoms with E-state index in [4.69, 9.17) is 24.2 Å². The first-order valence-corrected chi connectivity index (χ1v) is 6.61. The molecule has 0 aromatic heterocycles. The molecule has 1 fully saturated rings. The molecule has 0 saturated carbocycles. The van der Waals surface area contributed by atoms with Gasteiger partial charge in [0.1, 0.15) is 6.10 Å². The van der Waals surface area contributed by atoms with Crippen LogP contribution in [0.15, 0.2) is 5.16 Å². The van der Waals surface area contributed by atoms with Crippen molar-refractivity contribution >= 4 is 24.1 Å². The minimum Gasteiger partial charge on any atom is -0.456 e. The summed E-state index contributed by atoms with van der Waals surface area (Å²) in [6.45, 7) is 5.12. The van der Waals surface area contributed by atoms with Crippen molar-refractivity contribution in [2.45, 2.75) is 58.2 Å². The Morgan fingerprint density at radius 2 is 1.41 bits per heavy atom. The highest BCUT2D eigenvalue weighted by atomic mass is 16.6. The lowest BCUT2D eigenvalue weighted by Crippen LogP contribution is -2.61. The van der Waals surface area contributed by atoms with E-state index in [0.717, 1.165) is 13.1 Å². The Bertz CT molecular complexity index is 463. The molecule has 1 saturated heterocycles. The van der Waals surface area contributed by atoms with Gasteiger partial charge in [0.25, 0.3) is 0 Å². The molecule has 0 radical (unpaired) electrons. The minimum absolute atomic E-state index is 0.603. The van der Waals surface area contributed by atoms with Crippen molar-refractivity contribution in [2.75, 3.05) is 0 Å². The van der Waals surface area contributed by atoms with E-state index in [1.165, 1.54) is 13.8 Å². The van der Waals surface area contributed by atoms with Crippen LogP contribution in [-0.4, -0.2) is 59.8 Å². The lowest BCUT2D eigenvalue weighted by molar-refractivity contribution is -0.232. The molecule has 0 unspecified atom stereocenters. The Morgan fingerprint density at radius 1 is 0.955 bits per heavy atom. The number of hydrogen-bond acceptors (Lipinski definition) is 9. The maximum absolute atomic E-state index is 11.3. The van der Waals surface area contributed by atoms with E-state index in [0.29, 0.717) is 0 Å². The first-order chi connectivity index (χ1) is 10.3. The van der Waals surface area contributed by atoms with Gasteiger partial charge in [-0.2, -0.15) is 0 Å². The third kappa shape index (κ3) is 4.69. The first kappa shape index (κ1) is 17.9. The van der Waals surface area contributed by atoms with Gasteiger partial charge >= 0.3 is 17.9 Å². The van der Waals surface area contributed by atoms with Crippen molar-refractivity contribution < 1.29 is 38.5 Å². The largest absolute Gasteiger partial charge is 0.456 e. The zero-order chi connectivity index (χ0) is 16.9. The summed E-state index contributed by atoms with van der Waals surface area (Å²) in [4.78, 5) is 33.8. The molecule has 1 aliphatic rings. The van der Waals surface area contributed by atoms with Crippen molar-refractivity contribution in [1.29, 1.82) is 0 Å². The molecule has 0 aliphatic carbocycles. The fraction of sp³-hybridized carbons (Fsp3) is 0.692. The van der Waals surface area contributed by atoms with Gasteiger partial charge in [0, 0.05) is 20.8 Å². The van der Waals surface area contributed by atoms with Gasteiger partial charge in [-0.05, 0) is 6.92 Å². The SMILES string of the molecule is CC(=O)O[C@@H]1[C@H](OC(C)=O)[C@H](/C=N\O)O[C@H](C)[C@H]1OC(C)=O. The number of carbonyl (C=O) groups excluding carboxylic acids is 3. The summed E-state index contributed by atoms with van der Waals surface area (Å²) in [6.07, 6.45) is -3.79. The molecule has 9 nitrogen and oxygen atoms in total. The summed E-state index contributed by atoms with van der Waals surface area (Å²) in [7, 11) is 0. The first-order valence-electron chi connectivity index (χ1n) is 6.61. The molecule has 0 spiro atoms. The standard InChI is InChI=1S/C13H19NO8/c1-6-11(20-7(2)15)13(22-9(4)17)12(21-8(3)16)10(19-6)5-14-18/h5-6,10-13,18H,1-4H3/b14-5-/t6-,10+,11-,12-,13+/m1/s1. The number of oxime groups is 1. The Kier molecular flexibility index (Phi) is 6.29. The fourth-order valence-electron chi connectivity index (χ4n) is 2.24. The van der Waals surface area contributed by atoms with Gasteiger partial charge < -0.3 is 24.2 Å². The fourth-order valence-corrected chi connectivity index (χ4v) is 2.24. The predicted octanol–water partition coefficient (Wildman–Crippen LogP) is 0.0288. The molecule has 124 valence electrons. The highest BCUT2D eigenvalue weighted by Gasteiger charge is 2.49. The van der Waals surface area contributed by atoms with Crippen LogP contribution in [-0.2, 0) is 33.3 Å². The molecule has 5 atom stereocenters. The number of esters is 3. The van der Waals surface area contributed by atoms with Crippen LogP contribution in [0.3, 0.4) is 0 Å². The van der Waals surface area contributed by atoms with E-state index in [1.807, 2.05) is 0 Å². The number of nitrogens with zero attached hydrogens (tertiary/aromatic N) is 1. The average Bonchev–Trinajstić information content (AvgIpc) is 2.37. The molecular weight excluding hydrogens is 298 g/mol. The summed E-state index contributed by atoms with van der Waals surface area (Å²) in [5.74, 6) is -1.90. The van der Waals surface area contributed by atoms with E-state index < -0.39 is 48.4 Å². The molecule has 0 bridgehead atoms. The van der Waals surface area contributed by atoms with E-state index in [9.17, 15) is 14.4 Å². The number of hydrogen-bond donors (Lipinski definition) is 1. The number of carbonyl (C=O) groups is 3. The summed E-state index contributed by atoms with van der Waals surface area (Å²) in [5, 5.41) is 11.6. The van der Waals surface area contributed by atoms with Crippen LogP contribution in [0.4, 0.5) is 0 Å². The maximum atomic E-state index is 11.3. The van der Waals surface area contributed by atoms with Crippen molar-refractivity contribution in [3.05, 3.63) is 0 Å². The topological polar surface area (TPSA) is 121 Å². The summed E-state index contributed by atoms with van der Waals surface area (Å²) >= 11 is 0. The maximum Gasteiger partial charge on any atom is 0.303 e. The van der Waals surface area contributed by atoms with Crippen molar-refractivity contribution in [3.8, 4) is 0 Å². The van der Waals surface area contributed by atoms with Gasteiger partial charge in [0.2, 0.25) is 0 Å². The normalized spacial score (nSPS) is 31.5.